The maximum atomic E-state index is 12.0. The molecule has 1 unspecified atom stereocenters. The predicted octanol–water partition coefficient (Wildman–Crippen LogP) is -2.93. The van der Waals surface area contributed by atoms with E-state index >= 15 is 0 Å². The van der Waals surface area contributed by atoms with Crippen LogP contribution in [-0.2, 0) is 4.74 Å². The molecule has 0 aromatic rings. The summed E-state index contributed by atoms with van der Waals surface area (Å²) in [5, 5.41) is 8.78. The van der Waals surface area contributed by atoms with Crippen molar-refractivity contribution in [2.24, 2.45) is 0 Å². The van der Waals surface area contributed by atoms with Gasteiger partial charge in [-0.15, -0.1) is 0 Å². The summed E-state index contributed by atoms with van der Waals surface area (Å²) in [6, 6.07) is -0.503. The van der Waals surface area contributed by atoms with Crippen molar-refractivity contribution in [1.82, 2.24) is 4.90 Å². The van der Waals surface area contributed by atoms with Crippen LogP contribution in [-0.4, -0.2) is 55.8 Å². The molecular weight excluding hydrogens is 225 g/mol. The summed E-state index contributed by atoms with van der Waals surface area (Å²) >= 11 is 0. The van der Waals surface area contributed by atoms with E-state index in [1.54, 1.807) is 0 Å². The van der Waals surface area contributed by atoms with Gasteiger partial charge in [-0.2, -0.15) is 0 Å². The van der Waals surface area contributed by atoms with Crippen molar-refractivity contribution in [2.75, 3.05) is 32.8 Å². The van der Waals surface area contributed by atoms with E-state index < -0.39 is 19.5 Å². The van der Waals surface area contributed by atoms with Crippen molar-refractivity contribution >= 4 is 6.98 Å². The number of halogens is 3. The number of hydrogen-bond acceptors (Lipinski definition) is 3. The van der Waals surface area contributed by atoms with Crippen molar-refractivity contribution < 1.29 is 74.2 Å². The van der Waals surface area contributed by atoms with Crippen LogP contribution in [0.25, 0.3) is 0 Å². The fourth-order valence-electron chi connectivity index (χ4n) is 1.36. The molecule has 1 heterocycles. The van der Waals surface area contributed by atoms with E-state index in [9.17, 15) is 12.9 Å². The van der Waals surface area contributed by atoms with E-state index in [2.05, 4.69) is 0 Å². The van der Waals surface area contributed by atoms with Crippen molar-refractivity contribution in [1.29, 1.82) is 0 Å². The van der Waals surface area contributed by atoms with Crippen molar-refractivity contribution in [3.05, 3.63) is 0 Å². The molecule has 1 aliphatic rings. The van der Waals surface area contributed by atoms with Gasteiger partial charge in [-0.3, -0.25) is 0 Å². The summed E-state index contributed by atoms with van der Waals surface area (Å²) in [5.74, 6) is 0. The van der Waals surface area contributed by atoms with Gasteiger partial charge in [0, 0.05) is 6.54 Å². The molecule has 0 saturated carbocycles. The third-order valence-electron chi connectivity index (χ3n) is 2.00. The summed E-state index contributed by atoms with van der Waals surface area (Å²) in [7, 11) is 0. The number of aliphatic hydroxyl groups is 1. The molecule has 78 valence electrons. The SMILES string of the molecule is OCC1COCCN1C[B-](F)(F)F.[K+]. The van der Waals surface area contributed by atoms with Crippen LogP contribution in [0.4, 0.5) is 12.9 Å². The van der Waals surface area contributed by atoms with Gasteiger partial charge in [-0.25, -0.2) is 0 Å². The summed E-state index contributed by atoms with van der Waals surface area (Å²) < 4.78 is 41.1. The topological polar surface area (TPSA) is 32.7 Å². The van der Waals surface area contributed by atoms with Gasteiger partial charge in [-0.05, 0) is 6.44 Å². The van der Waals surface area contributed by atoms with Crippen molar-refractivity contribution in [3.8, 4) is 0 Å². The zero-order chi connectivity index (χ0) is 9.90. The molecule has 0 spiro atoms. The quantitative estimate of drug-likeness (QED) is 0.533. The molecule has 1 saturated heterocycles. The van der Waals surface area contributed by atoms with Gasteiger partial charge >= 0.3 is 58.4 Å². The Hall–Kier alpha value is 1.37. The Kier molecular flexibility index (Phi) is 7.52. The standard InChI is InChI=1S/C6H12BF3NO2.K/c8-7(9,10)5-11-1-2-13-4-6(11)3-12;/h6,12H,1-5H2;/q-1;+1. The fraction of sp³-hybridized carbons (Fsp3) is 1.00. The zero-order valence-electron chi connectivity index (χ0n) is 8.13. The third-order valence-corrected chi connectivity index (χ3v) is 2.00. The molecule has 1 atom stereocenters. The summed E-state index contributed by atoms with van der Waals surface area (Å²) in [4.78, 5) is 1.23. The average molecular weight is 237 g/mol. The summed E-state index contributed by atoms with van der Waals surface area (Å²) in [5.41, 5.74) is 0. The van der Waals surface area contributed by atoms with Gasteiger partial charge in [0.2, 0.25) is 0 Å². The van der Waals surface area contributed by atoms with E-state index in [0.717, 1.165) is 0 Å². The smallest absolute Gasteiger partial charge is 0.448 e. The molecule has 8 heteroatoms. The average Bonchev–Trinajstić information content (AvgIpc) is 2.02. The normalized spacial score (nSPS) is 24.4. The first kappa shape index (κ1) is 15.4. The van der Waals surface area contributed by atoms with Crippen LogP contribution in [0.1, 0.15) is 0 Å². The van der Waals surface area contributed by atoms with Crippen LogP contribution < -0.4 is 51.4 Å². The molecule has 3 nitrogen and oxygen atoms in total. The molecular formula is C6H12BF3KNO2. The first-order valence-electron chi connectivity index (χ1n) is 4.16. The molecule has 1 fully saturated rings. The Balaban J connectivity index is 0.00000169. The molecule has 0 aromatic heterocycles. The maximum absolute atomic E-state index is 12.0. The number of morpholine rings is 1. The van der Waals surface area contributed by atoms with Gasteiger partial charge in [0.15, 0.2) is 0 Å². The molecule has 1 rings (SSSR count). The Morgan fingerprint density at radius 2 is 2.07 bits per heavy atom. The van der Waals surface area contributed by atoms with Gasteiger partial charge in [0.05, 0.1) is 25.9 Å². The zero-order valence-corrected chi connectivity index (χ0v) is 11.2. The minimum absolute atomic E-state index is 0. The minimum Gasteiger partial charge on any atom is -0.448 e. The fourth-order valence-corrected chi connectivity index (χ4v) is 1.36. The van der Waals surface area contributed by atoms with Crippen LogP contribution in [0.15, 0.2) is 0 Å². The van der Waals surface area contributed by atoms with Crippen LogP contribution in [0.2, 0.25) is 0 Å². The van der Waals surface area contributed by atoms with Gasteiger partial charge < -0.3 is 27.7 Å². The number of nitrogens with zero attached hydrogens (tertiary/aromatic N) is 1. The monoisotopic (exact) mass is 237 g/mol. The molecule has 1 N–H and O–H groups in total. The first-order chi connectivity index (χ1) is 6.03. The van der Waals surface area contributed by atoms with E-state index in [1.807, 2.05) is 0 Å². The second-order valence-corrected chi connectivity index (χ2v) is 3.12. The molecule has 1 aliphatic heterocycles. The first-order valence-corrected chi connectivity index (χ1v) is 4.16. The van der Waals surface area contributed by atoms with E-state index in [1.165, 1.54) is 4.90 Å². The third kappa shape index (κ3) is 5.45. The number of hydrogen-bond donors (Lipinski definition) is 1. The van der Waals surface area contributed by atoms with Crippen LogP contribution >= 0.6 is 0 Å². The van der Waals surface area contributed by atoms with Gasteiger partial charge in [-0.1, -0.05) is 0 Å². The Morgan fingerprint density at radius 3 is 2.57 bits per heavy atom. The van der Waals surface area contributed by atoms with Crippen molar-refractivity contribution in [2.45, 2.75) is 6.04 Å². The van der Waals surface area contributed by atoms with Crippen LogP contribution in [0, 0.1) is 0 Å². The van der Waals surface area contributed by atoms with E-state index in [4.69, 9.17) is 9.84 Å². The van der Waals surface area contributed by atoms with E-state index in [-0.39, 0.29) is 71.1 Å². The number of rotatable bonds is 3. The number of aliphatic hydroxyl groups excluding tert-OH is 1. The predicted molar refractivity (Wildman–Crippen MR) is 42.3 cm³/mol. The van der Waals surface area contributed by atoms with E-state index in [0.29, 0.717) is 6.61 Å². The molecule has 0 amide bonds. The molecule has 0 bridgehead atoms. The Morgan fingerprint density at radius 1 is 1.43 bits per heavy atom. The number of ether oxygens (including phenoxy) is 1. The van der Waals surface area contributed by atoms with Crippen LogP contribution in [0.5, 0.6) is 0 Å². The van der Waals surface area contributed by atoms with Crippen molar-refractivity contribution in [3.63, 3.8) is 0 Å². The molecule has 0 radical (unpaired) electrons. The summed E-state index contributed by atoms with van der Waals surface area (Å²) in [6.45, 7) is -4.36. The van der Waals surface area contributed by atoms with Gasteiger partial charge in [0.25, 0.3) is 0 Å². The maximum Gasteiger partial charge on any atom is 1.00 e. The second kappa shape index (κ2) is 6.85. The molecule has 0 aliphatic carbocycles. The minimum atomic E-state index is -4.81. The molecule has 0 aromatic carbocycles. The van der Waals surface area contributed by atoms with Crippen LogP contribution in [0.3, 0.4) is 0 Å². The summed E-state index contributed by atoms with van der Waals surface area (Å²) in [6.07, 6.45) is -0.908. The Labute approximate surface area is 123 Å². The second-order valence-electron chi connectivity index (χ2n) is 3.12. The molecule has 14 heavy (non-hydrogen) atoms. The Bertz CT molecular complexity index is 172. The van der Waals surface area contributed by atoms with Gasteiger partial charge in [0.1, 0.15) is 0 Å². The largest absolute Gasteiger partial charge is 1.00 e.